The Labute approximate surface area is 137 Å². The van der Waals surface area contributed by atoms with E-state index in [9.17, 15) is 8.42 Å². The molecule has 2 aromatic heterocycles. The van der Waals surface area contributed by atoms with E-state index in [0.717, 1.165) is 20.1 Å². The van der Waals surface area contributed by atoms with Crippen LogP contribution in [0.3, 0.4) is 0 Å². The molecule has 21 heavy (non-hydrogen) atoms. The SMILES string of the molecule is Cc1ccc(S(=O)(=O)n2cc(I)c3cc(C)cnc32)cc1. The molecular weight excluding hydrogens is 399 g/mol. The molecule has 6 heteroatoms. The molecule has 0 radical (unpaired) electrons. The van der Waals surface area contributed by atoms with E-state index in [1.54, 1.807) is 36.7 Å². The van der Waals surface area contributed by atoms with Crippen molar-refractivity contribution in [2.24, 2.45) is 0 Å². The van der Waals surface area contributed by atoms with Gasteiger partial charge in [-0.3, -0.25) is 0 Å². The fourth-order valence-electron chi connectivity index (χ4n) is 2.15. The summed E-state index contributed by atoms with van der Waals surface area (Å²) < 4.78 is 27.7. The van der Waals surface area contributed by atoms with Gasteiger partial charge in [0.1, 0.15) is 0 Å². The summed E-state index contributed by atoms with van der Waals surface area (Å²) in [4.78, 5) is 4.56. The Morgan fingerprint density at radius 1 is 1.10 bits per heavy atom. The molecule has 0 bridgehead atoms. The van der Waals surface area contributed by atoms with Crippen LogP contribution in [0.25, 0.3) is 11.0 Å². The lowest BCUT2D eigenvalue weighted by atomic mass is 10.2. The highest BCUT2D eigenvalue weighted by molar-refractivity contribution is 14.1. The highest BCUT2D eigenvalue weighted by atomic mass is 127. The van der Waals surface area contributed by atoms with Crippen molar-refractivity contribution in [1.29, 1.82) is 0 Å². The van der Waals surface area contributed by atoms with Crippen LogP contribution in [-0.2, 0) is 10.0 Å². The fourth-order valence-corrected chi connectivity index (χ4v) is 4.34. The Morgan fingerprint density at radius 2 is 1.76 bits per heavy atom. The first kappa shape index (κ1) is 14.5. The predicted molar refractivity (Wildman–Crippen MR) is 90.9 cm³/mol. The Hall–Kier alpha value is -1.41. The monoisotopic (exact) mass is 412 g/mol. The van der Waals surface area contributed by atoms with Gasteiger partial charge < -0.3 is 0 Å². The summed E-state index contributed by atoms with van der Waals surface area (Å²) in [5.41, 5.74) is 2.49. The molecule has 2 heterocycles. The van der Waals surface area contributed by atoms with Crippen LogP contribution >= 0.6 is 22.6 Å². The smallest absolute Gasteiger partial charge is 0.237 e. The number of benzene rings is 1. The Kier molecular flexibility index (Phi) is 3.53. The molecule has 0 N–H and O–H groups in total. The standard InChI is InChI=1S/C15H13IN2O2S/c1-10-3-5-12(6-4-10)21(19,20)18-9-14(16)13-7-11(2)8-17-15(13)18/h3-9H,1-2H3. The van der Waals surface area contributed by atoms with Gasteiger partial charge in [-0.1, -0.05) is 17.7 Å². The number of hydrogen-bond donors (Lipinski definition) is 0. The van der Waals surface area contributed by atoms with E-state index in [2.05, 4.69) is 27.6 Å². The summed E-state index contributed by atoms with van der Waals surface area (Å²) >= 11 is 2.14. The van der Waals surface area contributed by atoms with Gasteiger partial charge in [-0.2, -0.15) is 0 Å². The number of aryl methyl sites for hydroxylation is 2. The van der Waals surface area contributed by atoms with Crippen LogP contribution in [0.5, 0.6) is 0 Å². The minimum absolute atomic E-state index is 0.267. The van der Waals surface area contributed by atoms with Gasteiger partial charge in [0.2, 0.25) is 0 Å². The molecule has 3 aromatic rings. The van der Waals surface area contributed by atoms with Gasteiger partial charge in [-0.05, 0) is 60.2 Å². The maximum atomic E-state index is 12.8. The van der Waals surface area contributed by atoms with Crippen LogP contribution in [-0.4, -0.2) is 17.4 Å². The van der Waals surface area contributed by atoms with Gasteiger partial charge in [-0.25, -0.2) is 17.4 Å². The molecule has 4 nitrogen and oxygen atoms in total. The fraction of sp³-hybridized carbons (Fsp3) is 0.133. The maximum Gasteiger partial charge on any atom is 0.269 e. The lowest BCUT2D eigenvalue weighted by molar-refractivity contribution is 0.588. The number of rotatable bonds is 2. The highest BCUT2D eigenvalue weighted by Gasteiger charge is 2.21. The first-order chi connectivity index (χ1) is 9.89. The summed E-state index contributed by atoms with van der Waals surface area (Å²) in [6.07, 6.45) is 3.30. The molecule has 3 rings (SSSR count). The molecule has 0 spiro atoms. The molecule has 0 aliphatic rings. The zero-order valence-electron chi connectivity index (χ0n) is 11.5. The highest BCUT2D eigenvalue weighted by Crippen LogP contribution is 2.26. The second-order valence-corrected chi connectivity index (χ2v) is 7.95. The Balaban J connectivity index is 2.26. The average Bonchev–Trinajstić information content (AvgIpc) is 2.77. The topological polar surface area (TPSA) is 52.0 Å². The summed E-state index contributed by atoms with van der Waals surface area (Å²) in [6, 6.07) is 8.78. The van der Waals surface area contributed by atoms with Gasteiger partial charge in [0.05, 0.1) is 4.90 Å². The summed E-state index contributed by atoms with van der Waals surface area (Å²) in [5.74, 6) is 0. The molecule has 0 aliphatic heterocycles. The van der Waals surface area contributed by atoms with Crippen molar-refractivity contribution >= 4 is 43.6 Å². The van der Waals surface area contributed by atoms with Gasteiger partial charge in [0.25, 0.3) is 10.0 Å². The first-order valence-corrected chi connectivity index (χ1v) is 8.87. The van der Waals surface area contributed by atoms with Crippen molar-refractivity contribution in [2.75, 3.05) is 0 Å². The molecule has 0 amide bonds. The van der Waals surface area contributed by atoms with E-state index in [1.165, 1.54) is 3.97 Å². The maximum absolute atomic E-state index is 12.8. The zero-order chi connectivity index (χ0) is 15.2. The summed E-state index contributed by atoms with van der Waals surface area (Å²) in [5, 5.41) is 0.853. The molecule has 0 fully saturated rings. The number of fused-ring (bicyclic) bond motifs is 1. The van der Waals surface area contributed by atoms with Gasteiger partial charge in [-0.15, -0.1) is 0 Å². The van der Waals surface area contributed by atoms with E-state index in [-0.39, 0.29) is 4.90 Å². The van der Waals surface area contributed by atoms with E-state index in [0.29, 0.717) is 5.65 Å². The number of hydrogen-bond acceptors (Lipinski definition) is 3. The normalized spacial score (nSPS) is 12.0. The average molecular weight is 412 g/mol. The third-order valence-electron chi connectivity index (χ3n) is 3.28. The predicted octanol–water partition coefficient (Wildman–Crippen LogP) is 3.49. The Morgan fingerprint density at radius 3 is 2.43 bits per heavy atom. The van der Waals surface area contributed by atoms with Crippen molar-refractivity contribution < 1.29 is 8.42 Å². The van der Waals surface area contributed by atoms with Crippen molar-refractivity contribution in [2.45, 2.75) is 18.7 Å². The second-order valence-electron chi connectivity index (χ2n) is 4.97. The molecule has 108 valence electrons. The van der Waals surface area contributed by atoms with Crippen molar-refractivity contribution in [3.63, 3.8) is 0 Å². The van der Waals surface area contributed by atoms with Crippen LogP contribution in [0.4, 0.5) is 0 Å². The molecule has 0 saturated carbocycles. The van der Waals surface area contributed by atoms with Gasteiger partial charge >= 0.3 is 0 Å². The van der Waals surface area contributed by atoms with Crippen LogP contribution in [0.2, 0.25) is 0 Å². The van der Waals surface area contributed by atoms with Gasteiger partial charge in [0.15, 0.2) is 5.65 Å². The third kappa shape index (κ3) is 2.46. The van der Waals surface area contributed by atoms with Crippen LogP contribution in [0.15, 0.2) is 47.6 Å². The van der Waals surface area contributed by atoms with E-state index in [4.69, 9.17) is 0 Å². The summed E-state index contributed by atoms with van der Waals surface area (Å²) in [7, 11) is -3.62. The quantitative estimate of drug-likeness (QED) is 0.606. The van der Waals surface area contributed by atoms with E-state index >= 15 is 0 Å². The second kappa shape index (κ2) is 5.10. The minimum Gasteiger partial charge on any atom is -0.237 e. The third-order valence-corrected chi connectivity index (χ3v) is 5.80. The molecule has 0 atom stereocenters. The van der Waals surface area contributed by atoms with Crippen molar-refractivity contribution in [3.8, 4) is 0 Å². The number of pyridine rings is 1. The van der Waals surface area contributed by atoms with Crippen LogP contribution in [0.1, 0.15) is 11.1 Å². The zero-order valence-corrected chi connectivity index (χ0v) is 14.5. The minimum atomic E-state index is -3.62. The first-order valence-electron chi connectivity index (χ1n) is 6.35. The van der Waals surface area contributed by atoms with E-state index in [1.807, 2.05) is 19.9 Å². The van der Waals surface area contributed by atoms with Crippen molar-refractivity contribution in [1.82, 2.24) is 8.96 Å². The van der Waals surface area contributed by atoms with Crippen LogP contribution < -0.4 is 0 Å². The number of nitrogens with zero attached hydrogens (tertiary/aromatic N) is 2. The number of halogens is 1. The largest absolute Gasteiger partial charge is 0.269 e. The van der Waals surface area contributed by atoms with E-state index < -0.39 is 10.0 Å². The van der Waals surface area contributed by atoms with Crippen molar-refractivity contribution in [3.05, 3.63) is 57.4 Å². The molecule has 0 unspecified atom stereocenters. The Bertz CT molecular complexity index is 928. The van der Waals surface area contributed by atoms with Gasteiger partial charge in [0, 0.05) is 21.4 Å². The summed E-state index contributed by atoms with van der Waals surface area (Å²) in [6.45, 7) is 3.86. The molecule has 0 saturated heterocycles. The number of aromatic nitrogens is 2. The lowest BCUT2D eigenvalue weighted by Crippen LogP contribution is -2.12. The molecular formula is C15H13IN2O2S. The molecule has 0 aliphatic carbocycles. The molecule has 1 aromatic carbocycles. The van der Waals surface area contributed by atoms with Crippen LogP contribution in [0, 0.1) is 17.4 Å². The lowest BCUT2D eigenvalue weighted by Gasteiger charge is -2.07.